The van der Waals surface area contributed by atoms with E-state index < -0.39 is 12.0 Å². The molecule has 2 aliphatic rings. The van der Waals surface area contributed by atoms with Crippen molar-refractivity contribution in [1.29, 1.82) is 0 Å². The van der Waals surface area contributed by atoms with Crippen LogP contribution in [0.4, 0.5) is 0 Å². The van der Waals surface area contributed by atoms with Crippen LogP contribution in [-0.4, -0.2) is 26.9 Å². The number of pyridine rings is 1. The number of amides is 1. The van der Waals surface area contributed by atoms with E-state index in [4.69, 9.17) is 9.73 Å². The van der Waals surface area contributed by atoms with E-state index in [0.717, 1.165) is 26.9 Å². The molecule has 9 heteroatoms. The van der Waals surface area contributed by atoms with E-state index in [-0.39, 0.29) is 18.9 Å². The average molecular weight is 517 g/mol. The Hall–Kier alpha value is -3.69. The van der Waals surface area contributed by atoms with Gasteiger partial charge in [-0.05, 0) is 41.0 Å². The summed E-state index contributed by atoms with van der Waals surface area (Å²) in [7, 11) is 0. The molecule has 1 aromatic carbocycles. The van der Waals surface area contributed by atoms with E-state index in [0.29, 0.717) is 17.8 Å². The SMILES string of the molecule is CC1=C(C(=O)OCc2ccccc2)C(c2cccs2)N2C(CC(=O)NCc3cccnc3)=CSC2=N1. The Morgan fingerprint density at radius 2 is 1.92 bits per heavy atom. The Morgan fingerprint density at radius 3 is 2.67 bits per heavy atom. The highest BCUT2D eigenvalue weighted by atomic mass is 32.2. The van der Waals surface area contributed by atoms with Crippen molar-refractivity contribution < 1.29 is 14.3 Å². The largest absolute Gasteiger partial charge is 0.457 e. The second-order valence-corrected chi connectivity index (χ2v) is 10.1. The monoisotopic (exact) mass is 516 g/mol. The molecular formula is C27H24N4O3S2. The van der Waals surface area contributed by atoms with Crippen LogP contribution in [0.15, 0.2) is 99.7 Å². The first-order chi connectivity index (χ1) is 17.6. The summed E-state index contributed by atoms with van der Waals surface area (Å²) in [5.74, 6) is -0.522. The van der Waals surface area contributed by atoms with Gasteiger partial charge in [-0.3, -0.25) is 9.78 Å². The highest BCUT2D eigenvalue weighted by Crippen LogP contribution is 2.45. The van der Waals surface area contributed by atoms with Gasteiger partial charge in [-0.1, -0.05) is 54.2 Å². The van der Waals surface area contributed by atoms with Crippen molar-refractivity contribution in [2.24, 2.45) is 4.99 Å². The Bertz CT molecular complexity index is 1340. The maximum atomic E-state index is 13.4. The zero-order chi connectivity index (χ0) is 24.9. The van der Waals surface area contributed by atoms with Crippen LogP contribution >= 0.6 is 23.1 Å². The van der Waals surface area contributed by atoms with E-state index in [9.17, 15) is 9.59 Å². The molecule has 1 atom stereocenters. The third kappa shape index (κ3) is 5.27. The normalized spacial score (nSPS) is 16.8. The minimum absolute atomic E-state index is 0.114. The minimum Gasteiger partial charge on any atom is -0.457 e. The first-order valence-electron chi connectivity index (χ1n) is 11.4. The molecule has 0 saturated carbocycles. The van der Waals surface area contributed by atoms with Crippen LogP contribution in [0.2, 0.25) is 0 Å². The quantitative estimate of drug-likeness (QED) is 0.416. The zero-order valence-electron chi connectivity index (χ0n) is 19.6. The number of amidine groups is 1. The van der Waals surface area contributed by atoms with Gasteiger partial charge in [0.1, 0.15) is 12.6 Å². The van der Waals surface area contributed by atoms with Gasteiger partial charge in [-0.25, -0.2) is 9.79 Å². The smallest absolute Gasteiger partial charge is 0.338 e. The second kappa shape index (κ2) is 10.9. The number of rotatable bonds is 8. The summed E-state index contributed by atoms with van der Waals surface area (Å²) in [5.41, 5.74) is 3.75. The number of aromatic nitrogens is 1. The third-order valence-electron chi connectivity index (χ3n) is 5.80. The number of thiophene rings is 1. The third-order valence-corrected chi connectivity index (χ3v) is 7.61. The fourth-order valence-electron chi connectivity index (χ4n) is 4.08. The highest BCUT2D eigenvalue weighted by Gasteiger charge is 2.41. The molecule has 0 radical (unpaired) electrons. The van der Waals surface area contributed by atoms with E-state index in [2.05, 4.69) is 10.3 Å². The Kier molecular flexibility index (Phi) is 7.29. The van der Waals surface area contributed by atoms with E-state index in [1.165, 1.54) is 11.8 Å². The van der Waals surface area contributed by atoms with Crippen molar-refractivity contribution in [1.82, 2.24) is 15.2 Å². The van der Waals surface area contributed by atoms with Crippen molar-refractivity contribution in [2.45, 2.75) is 32.5 Å². The molecule has 2 aromatic heterocycles. The summed E-state index contributed by atoms with van der Waals surface area (Å²) in [4.78, 5) is 38.0. The Morgan fingerprint density at radius 1 is 1.08 bits per heavy atom. The number of esters is 1. The summed E-state index contributed by atoms with van der Waals surface area (Å²) in [6.45, 7) is 2.42. The van der Waals surface area contributed by atoms with Crippen LogP contribution in [-0.2, 0) is 27.5 Å². The maximum Gasteiger partial charge on any atom is 0.338 e. The summed E-state index contributed by atoms with van der Waals surface area (Å²) < 4.78 is 5.72. The molecule has 5 rings (SSSR count). The molecule has 36 heavy (non-hydrogen) atoms. The summed E-state index contributed by atoms with van der Waals surface area (Å²) in [6, 6.07) is 16.9. The number of thioether (sulfide) groups is 1. The first-order valence-corrected chi connectivity index (χ1v) is 13.2. The number of carbonyl (C=O) groups excluding carboxylic acids is 2. The average Bonchev–Trinajstić information content (AvgIpc) is 3.57. The number of allylic oxidation sites excluding steroid dienone is 1. The van der Waals surface area contributed by atoms with Crippen LogP contribution in [0, 0.1) is 0 Å². The van der Waals surface area contributed by atoms with Gasteiger partial charge in [0, 0.05) is 29.5 Å². The van der Waals surface area contributed by atoms with Gasteiger partial charge in [0.25, 0.3) is 0 Å². The molecule has 0 aliphatic carbocycles. The number of nitrogens with zero attached hydrogens (tertiary/aromatic N) is 3. The number of nitrogens with one attached hydrogen (secondary N) is 1. The molecule has 1 N–H and O–H groups in total. The van der Waals surface area contributed by atoms with Gasteiger partial charge in [-0.15, -0.1) is 11.3 Å². The van der Waals surface area contributed by atoms with Crippen molar-refractivity contribution >= 4 is 40.1 Å². The molecule has 1 amide bonds. The molecule has 3 aromatic rings. The summed E-state index contributed by atoms with van der Waals surface area (Å²) in [6.07, 6.45) is 3.60. The van der Waals surface area contributed by atoms with Crippen molar-refractivity contribution in [3.05, 3.63) is 111 Å². The number of benzene rings is 1. The molecule has 0 saturated heterocycles. The first kappa shape index (κ1) is 24.0. The number of carbonyl (C=O) groups is 2. The number of aliphatic imine (C=N–C) groups is 1. The molecule has 0 fully saturated rings. The molecule has 7 nitrogen and oxygen atoms in total. The van der Waals surface area contributed by atoms with Crippen LogP contribution in [0.1, 0.15) is 35.4 Å². The molecule has 0 bridgehead atoms. The van der Waals surface area contributed by atoms with E-state index in [1.807, 2.05) is 77.2 Å². The van der Waals surface area contributed by atoms with Gasteiger partial charge >= 0.3 is 5.97 Å². The van der Waals surface area contributed by atoms with Crippen LogP contribution in [0.25, 0.3) is 0 Å². The van der Waals surface area contributed by atoms with Gasteiger partial charge in [0.05, 0.1) is 17.7 Å². The highest BCUT2D eigenvalue weighted by molar-refractivity contribution is 8.16. The standard InChI is InChI=1S/C27H24N4O3S2/c1-18-24(26(33)34-16-19-7-3-2-4-8-19)25(22-10-6-12-35-22)31-21(17-36-27(31)30-18)13-23(32)29-15-20-9-5-11-28-14-20/h2-12,14,17,25H,13,15-16H2,1H3,(H,29,32). The number of hydrogen-bond donors (Lipinski definition) is 1. The summed E-state index contributed by atoms with van der Waals surface area (Å²) >= 11 is 3.02. The molecule has 0 spiro atoms. The molecular weight excluding hydrogens is 492 g/mol. The summed E-state index contributed by atoms with van der Waals surface area (Å²) in [5, 5.41) is 7.63. The van der Waals surface area contributed by atoms with Gasteiger partial charge in [-0.2, -0.15) is 0 Å². The second-order valence-electron chi connectivity index (χ2n) is 8.28. The fraction of sp³-hybridized carbons (Fsp3) is 0.185. The maximum absolute atomic E-state index is 13.4. The molecule has 2 aliphatic heterocycles. The lowest BCUT2D eigenvalue weighted by Gasteiger charge is -2.35. The lowest BCUT2D eigenvalue weighted by Crippen LogP contribution is -2.37. The Balaban J connectivity index is 1.35. The van der Waals surface area contributed by atoms with E-state index >= 15 is 0 Å². The van der Waals surface area contributed by atoms with Crippen LogP contribution < -0.4 is 5.32 Å². The lowest BCUT2D eigenvalue weighted by molar-refractivity contribution is -0.141. The molecule has 4 heterocycles. The van der Waals surface area contributed by atoms with Crippen molar-refractivity contribution in [2.75, 3.05) is 0 Å². The van der Waals surface area contributed by atoms with Crippen molar-refractivity contribution in [3.8, 4) is 0 Å². The molecule has 1 unspecified atom stereocenters. The van der Waals surface area contributed by atoms with Gasteiger partial charge < -0.3 is 15.0 Å². The van der Waals surface area contributed by atoms with Gasteiger partial charge in [0.2, 0.25) is 5.91 Å². The van der Waals surface area contributed by atoms with E-state index in [1.54, 1.807) is 23.7 Å². The number of fused-ring (bicyclic) bond motifs is 1. The Labute approximate surface area is 217 Å². The topological polar surface area (TPSA) is 83.9 Å². The zero-order valence-corrected chi connectivity index (χ0v) is 21.2. The predicted octanol–water partition coefficient (Wildman–Crippen LogP) is 5.17. The van der Waals surface area contributed by atoms with Crippen molar-refractivity contribution in [3.63, 3.8) is 0 Å². The predicted molar refractivity (Wildman–Crippen MR) is 142 cm³/mol. The van der Waals surface area contributed by atoms with Crippen LogP contribution in [0.5, 0.6) is 0 Å². The fourth-order valence-corrected chi connectivity index (χ4v) is 5.87. The van der Waals surface area contributed by atoms with Crippen LogP contribution in [0.3, 0.4) is 0 Å². The lowest BCUT2D eigenvalue weighted by atomic mass is 9.99. The minimum atomic E-state index is -0.409. The molecule has 182 valence electrons. The van der Waals surface area contributed by atoms with Gasteiger partial charge in [0.15, 0.2) is 5.17 Å². The number of hydrogen-bond acceptors (Lipinski definition) is 8. The number of ether oxygens (including phenoxy) is 1.